The number of hydrogen-bond donors (Lipinski definition) is 0. The largest absolute Gasteiger partial charge is 0.339 e. The molecule has 29 heavy (non-hydrogen) atoms. The van der Waals surface area contributed by atoms with Crippen LogP contribution < -0.4 is 0 Å². The van der Waals surface area contributed by atoms with Gasteiger partial charge in [0.2, 0.25) is 5.91 Å². The van der Waals surface area contributed by atoms with Crippen LogP contribution >= 0.6 is 0 Å². The zero-order valence-electron chi connectivity index (χ0n) is 17.3. The Labute approximate surface area is 173 Å². The van der Waals surface area contributed by atoms with E-state index in [1.807, 2.05) is 41.0 Å². The maximum absolute atomic E-state index is 12.7. The summed E-state index contributed by atoms with van der Waals surface area (Å²) in [4.78, 5) is 29.3. The highest BCUT2D eigenvalue weighted by molar-refractivity contribution is 5.94. The van der Waals surface area contributed by atoms with Gasteiger partial charge in [0.1, 0.15) is 0 Å². The van der Waals surface area contributed by atoms with Crippen molar-refractivity contribution in [1.29, 1.82) is 0 Å². The summed E-state index contributed by atoms with van der Waals surface area (Å²) in [6.07, 6.45) is 4.51. The van der Waals surface area contributed by atoms with E-state index in [0.29, 0.717) is 12.3 Å². The number of rotatable bonds is 4. The van der Waals surface area contributed by atoms with Crippen LogP contribution in [0.1, 0.15) is 52.7 Å². The first-order valence-corrected chi connectivity index (χ1v) is 10.8. The summed E-state index contributed by atoms with van der Waals surface area (Å²) in [6, 6.07) is 16.2. The number of aryl methyl sites for hydroxylation is 1. The molecule has 2 aliphatic heterocycles. The van der Waals surface area contributed by atoms with Crippen LogP contribution in [0.4, 0.5) is 0 Å². The number of fused-ring (bicyclic) bond motifs is 1. The minimum Gasteiger partial charge on any atom is -0.339 e. The Kier molecular flexibility index (Phi) is 5.98. The molecule has 2 amide bonds. The molecule has 2 aliphatic rings. The molecule has 4 rings (SSSR count). The second kappa shape index (κ2) is 8.81. The smallest absolute Gasteiger partial charge is 0.253 e. The molecule has 0 saturated carbocycles. The lowest BCUT2D eigenvalue weighted by molar-refractivity contribution is -0.132. The van der Waals surface area contributed by atoms with Crippen molar-refractivity contribution in [3.8, 4) is 0 Å². The summed E-state index contributed by atoms with van der Waals surface area (Å²) < 4.78 is 0. The molecule has 0 unspecified atom stereocenters. The van der Waals surface area contributed by atoms with E-state index in [4.69, 9.17) is 0 Å². The maximum Gasteiger partial charge on any atom is 0.253 e. The maximum atomic E-state index is 12.7. The summed E-state index contributed by atoms with van der Waals surface area (Å²) in [6.45, 7) is 5.20. The minimum absolute atomic E-state index is 0.131. The molecule has 152 valence electrons. The highest BCUT2D eigenvalue weighted by Crippen LogP contribution is 2.25. The van der Waals surface area contributed by atoms with Crippen LogP contribution in [0.25, 0.3) is 0 Å². The van der Waals surface area contributed by atoms with Crippen molar-refractivity contribution in [2.24, 2.45) is 5.92 Å². The number of benzene rings is 2. The van der Waals surface area contributed by atoms with E-state index in [0.717, 1.165) is 57.4 Å². The van der Waals surface area contributed by atoms with Crippen molar-refractivity contribution in [2.75, 3.05) is 19.6 Å². The molecule has 0 N–H and O–H groups in total. The first-order chi connectivity index (χ1) is 14.1. The fourth-order valence-electron chi connectivity index (χ4n) is 4.50. The lowest BCUT2D eigenvalue weighted by Crippen LogP contribution is -2.39. The van der Waals surface area contributed by atoms with Gasteiger partial charge in [-0.15, -0.1) is 0 Å². The average Bonchev–Trinajstić information content (AvgIpc) is 2.77. The van der Waals surface area contributed by atoms with E-state index in [9.17, 15) is 9.59 Å². The molecule has 0 bridgehead atoms. The van der Waals surface area contributed by atoms with Gasteiger partial charge in [-0.3, -0.25) is 9.59 Å². The molecule has 2 aromatic rings. The number of hydrogen-bond acceptors (Lipinski definition) is 2. The number of nitrogens with zero attached hydrogens (tertiary/aromatic N) is 2. The monoisotopic (exact) mass is 390 g/mol. The molecule has 0 aliphatic carbocycles. The molecule has 0 spiro atoms. The molecule has 2 heterocycles. The second-order valence-corrected chi connectivity index (χ2v) is 8.47. The lowest BCUT2D eigenvalue weighted by Gasteiger charge is -2.33. The van der Waals surface area contributed by atoms with Crippen molar-refractivity contribution in [3.63, 3.8) is 0 Å². The quantitative estimate of drug-likeness (QED) is 0.785. The molecule has 1 fully saturated rings. The molecule has 0 radical (unpaired) electrons. The van der Waals surface area contributed by atoms with Crippen LogP contribution in [-0.2, 0) is 17.8 Å². The molecule has 0 aromatic heterocycles. The van der Waals surface area contributed by atoms with Gasteiger partial charge in [0.05, 0.1) is 0 Å². The third-order valence-corrected chi connectivity index (χ3v) is 6.45. The SMILES string of the molecule is Cc1ccc(C(=O)N2CCC(CCC(=O)N3CCc4ccccc4C3)CC2)cc1. The zero-order valence-corrected chi connectivity index (χ0v) is 17.3. The number of carbonyl (C=O) groups excluding carboxylic acids is 2. The van der Waals surface area contributed by atoms with Gasteiger partial charge in [0.25, 0.3) is 5.91 Å². The molecular formula is C25H30N2O2. The second-order valence-electron chi connectivity index (χ2n) is 8.47. The Balaban J connectivity index is 1.22. The van der Waals surface area contributed by atoms with Crippen LogP contribution in [0.2, 0.25) is 0 Å². The third-order valence-electron chi connectivity index (χ3n) is 6.45. The van der Waals surface area contributed by atoms with E-state index in [-0.39, 0.29) is 11.8 Å². The van der Waals surface area contributed by atoms with E-state index in [2.05, 4.69) is 24.3 Å². The summed E-state index contributed by atoms with van der Waals surface area (Å²) in [5, 5.41) is 0. The summed E-state index contributed by atoms with van der Waals surface area (Å²) in [7, 11) is 0. The molecule has 0 atom stereocenters. The first-order valence-electron chi connectivity index (χ1n) is 10.8. The van der Waals surface area contributed by atoms with Gasteiger partial charge < -0.3 is 9.80 Å². The van der Waals surface area contributed by atoms with Crippen LogP contribution in [-0.4, -0.2) is 41.2 Å². The van der Waals surface area contributed by atoms with Crippen LogP contribution in [0, 0.1) is 12.8 Å². The Hall–Kier alpha value is -2.62. The van der Waals surface area contributed by atoms with Crippen LogP contribution in [0.15, 0.2) is 48.5 Å². The van der Waals surface area contributed by atoms with Gasteiger partial charge >= 0.3 is 0 Å². The van der Waals surface area contributed by atoms with E-state index in [1.165, 1.54) is 16.7 Å². The Bertz CT molecular complexity index is 867. The summed E-state index contributed by atoms with van der Waals surface area (Å²) >= 11 is 0. The van der Waals surface area contributed by atoms with Crippen LogP contribution in [0.5, 0.6) is 0 Å². The number of amides is 2. The van der Waals surface area contributed by atoms with Crippen molar-refractivity contribution in [1.82, 2.24) is 9.80 Å². The van der Waals surface area contributed by atoms with Gasteiger partial charge in [-0.05, 0) is 61.8 Å². The highest BCUT2D eigenvalue weighted by atomic mass is 16.2. The van der Waals surface area contributed by atoms with Gasteiger partial charge in [0, 0.05) is 38.2 Å². The van der Waals surface area contributed by atoms with Crippen molar-refractivity contribution in [2.45, 2.75) is 45.6 Å². The van der Waals surface area contributed by atoms with Crippen molar-refractivity contribution in [3.05, 3.63) is 70.8 Å². The van der Waals surface area contributed by atoms with Gasteiger partial charge in [-0.1, -0.05) is 42.0 Å². The van der Waals surface area contributed by atoms with Gasteiger partial charge in [0.15, 0.2) is 0 Å². The fourth-order valence-corrected chi connectivity index (χ4v) is 4.50. The molecule has 2 aromatic carbocycles. The Morgan fingerprint density at radius 3 is 2.31 bits per heavy atom. The van der Waals surface area contributed by atoms with E-state index >= 15 is 0 Å². The number of likely N-dealkylation sites (tertiary alicyclic amines) is 1. The predicted molar refractivity (Wildman–Crippen MR) is 115 cm³/mol. The van der Waals surface area contributed by atoms with Gasteiger partial charge in [-0.2, -0.15) is 0 Å². The minimum atomic E-state index is 0.131. The summed E-state index contributed by atoms with van der Waals surface area (Å²) in [5.74, 6) is 0.947. The highest BCUT2D eigenvalue weighted by Gasteiger charge is 2.25. The summed E-state index contributed by atoms with van der Waals surface area (Å²) in [5.41, 5.74) is 4.61. The molecule has 4 nitrogen and oxygen atoms in total. The topological polar surface area (TPSA) is 40.6 Å². The Morgan fingerprint density at radius 1 is 0.897 bits per heavy atom. The molecular weight excluding hydrogens is 360 g/mol. The lowest BCUT2D eigenvalue weighted by atomic mass is 9.91. The zero-order chi connectivity index (χ0) is 20.2. The number of carbonyl (C=O) groups is 2. The average molecular weight is 391 g/mol. The normalized spacial score (nSPS) is 17.1. The third kappa shape index (κ3) is 4.69. The predicted octanol–water partition coefficient (Wildman–Crippen LogP) is 4.21. The molecule has 1 saturated heterocycles. The standard InChI is InChI=1S/C25H30N2O2/c1-19-6-9-22(10-7-19)25(29)26-15-12-20(13-16-26)8-11-24(28)27-17-14-21-4-2-3-5-23(21)18-27/h2-7,9-10,20H,8,11-18H2,1H3. The van der Waals surface area contributed by atoms with Gasteiger partial charge in [-0.25, -0.2) is 0 Å². The van der Waals surface area contributed by atoms with E-state index < -0.39 is 0 Å². The first kappa shape index (κ1) is 19.7. The van der Waals surface area contributed by atoms with Crippen LogP contribution in [0.3, 0.4) is 0 Å². The fraction of sp³-hybridized carbons (Fsp3) is 0.440. The number of piperidine rings is 1. The molecule has 4 heteroatoms. The Morgan fingerprint density at radius 2 is 1.59 bits per heavy atom. The van der Waals surface area contributed by atoms with E-state index in [1.54, 1.807) is 0 Å². The van der Waals surface area contributed by atoms with Crippen molar-refractivity contribution >= 4 is 11.8 Å². The van der Waals surface area contributed by atoms with Crippen molar-refractivity contribution < 1.29 is 9.59 Å².